The first-order chi connectivity index (χ1) is 10.1. The van der Waals surface area contributed by atoms with Gasteiger partial charge in [0.2, 0.25) is 0 Å². The highest BCUT2D eigenvalue weighted by atomic mass is 35.5. The molecule has 1 unspecified atom stereocenters. The molecule has 0 bridgehead atoms. The minimum Gasteiger partial charge on any atom is -0.205 e. The first-order valence-electron chi connectivity index (χ1n) is 6.65. The molecule has 3 heteroatoms. The van der Waals surface area contributed by atoms with Gasteiger partial charge >= 0.3 is 0 Å². The first kappa shape index (κ1) is 14.4. The first-order valence-corrected chi connectivity index (χ1v) is 7.46. The van der Waals surface area contributed by atoms with Gasteiger partial charge in [-0.25, -0.2) is 4.39 Å². The molecule has 3 aromatic rings. The van der Waals surface area contributed by atoms with Crippen LogP contribution in [-0.4, -0.2) is 0 Å². The van der Waals surface area contributed by atoms with Crippen LogP contribution in [0.1, 0.15) is 22.1 Å². The van der Waals surface area contributed by atoms with Crippen molar-refractivity contribution in [2.24, 2.45) is 0 Å². The summed E-state index contributed by atoms with van der Waals surface area (Å²) in [4.78, 5) is 0. The summed E-state index contributed by atoms with van der Waals surface area (Å²) in [6, 6.07) is 16.8. The molecule has 0 aliphatic heterocycles. The minimum atomic E-state index is -0.432. The van der Waals surface area contributed by atoms with E-state index in [1.54, 1.807) is 12.1 Å². The van der Waals surface area contributed by atoms with Gasteiger partial charge < -0.3 is 0 Å². The second-order valence-corrected chi connectivity index (χ2v) is 5.90. The van der Waals surface area contributed by atoms with E-state index in [1.165, 1.54) is 17.0 Å². The van der Waals surface area contributed by atoms with Crippen LogP contribution in [0, 0.1) is 12.7 Å². The number of halogens is 3. The molecule has 21 heavy (non-hydrogen) atoms. The lowest BCUT2D eigenvalue weighted by Crippen LogP contribution is -1.96. The van der Waals surface area contributed by atoms with Crippen LogP contribution >= 0.6 is 23.2 Å². The van der Waals surface area contributed by atoms with Crippen LogP contribution in [0.25, 0.3) is 10.8 Å². The highest BCUT2D eigenvalue weighted by molar-refractivity contribution is 6.31. The Balaban J connectivity index is 2.15. The van der Waals surface area contributed by atoms with Crippen molar-refractivity contribution in [3.63, 3.8) is 0 Å². The van der Waals surface area contributed by atoms with E-state index in [0.29, 0.717) is 0 Å². The second-order valence-electron chi connectivity index (χ2n) is 5.05. The van der Waals surface area contributed by atoms with Crippen LogP contribution in [0.5, 0.6) is 0 Å². The summed E-state index contributed by atoms with van der Waals surface area (Å²) < 4.78 is 13.3. The molecule has 0 amide bonds. The topological polar surface area (TPSA) is 0 Å². The molecule has 0 heterocycles. The fraction of sp³-hybridized carbons (Fsp3) is 0.111. The van der Waals surface area contributed by atoms with Crippen molar-refractivity contribution >= 4 is 34.0 Å². The number of hydrogen-bond donors (Lipinski definition) is 0. The van der Waals surface area contributed by atoms with E-state index in [-0.39, 0.29) is 10.4 Å². The van der Waals surface area contributed by atoms with Gasteiger partial charge in [-0.3, -0.25) is 0 Å². The van der Waals surface area contributed by atoms with Gasteiger partial charge in [-0.2, -0.15) is 0 Å². The molecule has 0 spiro atoms. The average molecular weight is 319 g/mol. The Morgan fingerprint density at radius 3 is 2.38 bits per heavy atom. The van der Waals surface area contributed by atoms with Crippen LogP contribution in [0.2, 0.25) is 5.02 Å². The van der Waals surface area contributed by atoms with E-state index in [2.05, 4.69) is 25.1 Å². The Morgan fingerprint density at radius 2 is 1.67 bits per heavy atom. The standard InChI is InChI=1S/C18H13Cl2F/c1-11-6-8-15(14-5-3-2-4-13(11)14)18(20)12-7-9-17(21)16(19)10-12/h2-10,18H,1H3. The van der Waals surface area contributed by atoms with Crippen LogP contribution in [-0.2, 0) is 0 Å². The number of rotatable bonds is 2. The van der Waals surface area contributed by atoms with Gasteiger partial charge in [-0.15, -0.1) is 11.6 Å². The number of alkyl halides is 1. The van der Waals surface area contributed by atoms with Gasteiger partial charge in [-0.1, -0.05) is 54.1 Å². The maximum Gasteiger partial charge on any atom is 0.141 e. The third-order valence-electron chi connectivity index (χ3n) is 3.69. The molecule has 0 aliphatic carbocycles. The molecular weight excluding hydrogens is 306 g/mol. The molecule has 0 saturated heterocycles. The SMILES string of the molecule is Cc1ccc(C(Cl)c2ccc(F)c(Cl)c2)c2ccccc12. The lowest BCUT2D eigenvalue weighted by molar-refractivity contribution is 0.627. The average Bonchev–Trinajstić information content (AvgIpc) is 2.50. The fourth-order valence-corrected chi connectivity index (χ4v) is 3.06. The van der Waals surface area contributed by atoms with Crippen molar-refractivity contribution in [1.29, 1.82) is 0 Å². The third kappa shape index (κ3) is 2.64. The molecule has 3 rings (SSSR count). The van der Waals surface area contributed by atoms with Gasteiger partial charge in [0.05, 0.1) is 10.4 Å². The molecular formula is C18H13Cl2F. The minimum absolute atomic E-state index is 0.0922. The monoisotopic (exact) mass is 318 g/mol. The predicted molar refractivity (Wildman–Crippen MR) is 87.8 cm³/mol. The van der Waals surface area contributed by atoms with Crippen LogP contribution in [0.15, 0.2) is 54.6 Å². The zero-order chi connectivity index (χ0) is 15.0. The molecule has 3 aromatic carbocycles. The van der Waals surface area contributed by atoms with E-state index >= 15 is 0 Å². The molecule has 0 fully saturated rings. The summed E-state index contributed by atoms with van der Waals surface area (Å²) in [5.41, 5.74) is 2.99. The summed E-state index contributed by atoms with van der Waals surface area (Å²) in [6.07, 6.45) is 0. The van der Waals surface area contributed by atoms with Gasteiger partial charge in [0, 0.05) is 0 Å². The van der Waals surface area contributed by atoms with Crippen molar-refractivity contribution in [2.75, 3.05) is 0 Å². The van der Waals surface area contributed by atoms with E-state index < -0.39 is 5.82 Å². The van der Waals surface area contributed by atoms with Crippen LogP contribution in [0.4, 0.5) is 4.39 Å². The molecule has 0 N–H and O–H groups in total. The second kappa shape index (κ2) is 5.67. The van der Waals surface area contributed by atoms with Gasteiger partial charge in [0.25, 0.3) is 0 Å². The summed E-state index contributed by atoms with van der Waals surface area (Å²) in [5.74, 6) is -0.432. The molecule has 0 radical (unpaired) electrons. The van der Waals surface area contributed by atoms with Crippen molar-refractivity contribution in [3.8, 4) is 0 Å². The zero-order valence-electron chi connectivity index (χ0n) is 11.4. The summed E-state index contributed by atoms with van der Waals surface area (Å²) in [6.45, 7) is 2.07. The Bertz CT molecular complexity index is 811. The number of fused-ring (bicyclic) bond motifs is 1. The van der Waals surface area contributed by atoms with E-state index in [0.717, 1.165) is 16.5 Å². The molecule has 1 atom stereocenters. The smallest absolute Gasteiger partial charge is 0.141 e. The number of hydrogen-bond acceptors (Lipinski definition) is 0. The van der Waals surface area contributed by atoms with Crippen LogP contribution < -0.4 is 0 Å². The lowest BCUT2D eigenvalue weighted by Gasteiger charge is -2.15. The Hall–Kier alpha value is -1.57. The van der Waals surface area contributed by atoms with Crippen molar-refractivity contribution < 1.29 is 4.39 Å². The zero-order valence-corrected chi connectivity index (χ0v) is 12.9. The Morgan fingerprint density at radius 1 is 0.952 bits per heavy atom. The molecule has 0 aliphatic rings. The van der Waals surface area contributed by atoms with Crippen LogP contribution in [0.3, 0.4) is 0 Å². The maximum atomic E-state index is 13.3. The number of benzene rings is 3. The molecule has 0 saturated carbocycles. The normalized spacial score (nSPS) is 12.6. The fourth-order valence-electron chi connectivity index (χ4n) is 2.54. The van der Waals surface area contributed by atoms with E-state index in [9.17, 15) is 4.39 Å². The largest absolute Gasteiger partial charge is 0.205 e. The molecule has 0 nitrogen and oxygen atoms in total. The summed E-state index contributed by atoms with van der Waals surface area (Å²) in [7, 11) is 0. The van der Waals surface area contributed by atoms with Gasteiger partial charge in [-0.05, 0) is 46.5 Å². The van der Waals surface area contributed by atoms with Crippen molar-refractivity contribution in [2.45, 2.75) is 12.3 Å². The van der Waals surface area contributed by atoms with E-state index in [4.69, 9.17) is 23.2 Å². The van der Waals surface area contributed by atoms with Crippen molar-refractivity contribution in [1.82, 2.24) is 0 Å². The summed E-state index contributed by atoms with van der Waals surface area (Å²) in [5, 5.41) is 2.01. The summed E-state index contributed by atoms with van der Waals surface area (Å²) >= 11 is 12.5. The highest BCUT2D eigenvalue weighted by Crippen LogP contribution is 2.36. The predicted octanol–water partition coefficient (Wildman–Crippen LogP) is 6.27. The lowest BCUT2D eigenvalue weighted by atomic mass is 9.95. The maximum absolute atomic E-state index is 13.3. The van der Waals surface area contributed by atoms with Crippen molar-refractivity contribution in [3.05, 3.63) is 82.1 Å². The van der Waals surface area contributed by atoms with Gasteiger partial charge in [0.1, 0.15) is 5.82 Å². The Kier molecular flexibility index (Phi) is 3.88. The quantitative estimate of drug-likeness (QED) is 0.488. The highest BCUT2D eigenvalue weighted by Gasteiger charge is 2.15. The third-order valence-corrected chi connectivity index (χ3v) is 4.46. The molecule has 106 valence electrons. The Labute approximate surface area is 133 Å². The van der Waals surface area contributed by atoms with Gasteiger partial charge in [0.15, 0.2) is 0 Å². The number of aryl methyl sites for hydroxylation is 1. The van der Waals surface area contributed by atoms with E-state index in [1.807, 2.05) is 18.2 Å². The molecule has 0 aromatic heterocycles.